The van der Waals surface area contributed by atoms with E-state index in [0.717, 1.165) is 16.7 Å². The molecule has 0 spiro atoms. The van der Waals surface area contributed by atoms with Gasteiger partial charge in [0.05, 0.1) is 12.5 Å². The van der Waals surface area contributed by atoms with E-state index in [1.54, 1.807) is 30.0 Å². The van der Waals surface area contributed by atoms with Crippen LogP contribution in [0, 0.1) is 0 Å². The van der Waals surface area contributed by atoms with Crippen LogP contribution in [-0.2, 0) is 9.53 Å². The van der Waals surface area contributed by atoms with Gasteiger partial charge in [-0.15, -0.1) is 0 Å². The number of thioether (sulfide) groups is 1. The minimum absolute atomic E-state index is 0.339. The molecule has 3 rings (SSSR count). The Morgan fingerprint density at radius 1 is 1.22 bits per heavy atom. The lowest BCUT2D eigenvalue weighted by Crippen LogP contribution is -2.41. The van der Waals surface area contributed by atoms with Crippen molar-refractivity contribution in [1.29, 1.82) is 0 Å². The van der Waals surface area contributed by atoms with Gasteiger partial charge in [0.15, 0.2) is 5.76 Å². The van der Waals surface area contributed by atoms with E-state index in [0.29, 0.717) is 23.3 Å². The van der Waals surface area contributed by atoms with Crippen molar-refractivity contribution < 1.29 is 18.8 Å². The summed E-state index contributed by atoms with van der Waals surface area (Å²) < 4.78 is 10.3. The Labute approximate surface area is 161 Å². The Bertz CT molecular complexity index is 940. The highest BCUT2D eigenvalue weighted by molar-refractivity contribution is 7.98. The second kappa shape index (κ2) is 8.73. The normalized spacial score (nSPS) is 11.9. The van der Waals surface area contributed by atoms with Gasteiger partial charge in [0.25, 0.3) is 5.91 Å². The van der Waals surface area contributed by atoms with E-state index in [1.807, 2.05) is 36.6 Å². The molecule has 0 saturated heterocycles. The number of fused-ring (bicyclic) bond motifs is 1. The van der Waals surface area contributed by atoms with Crippen LogP contribution in [0.1, 0.15) is 16.8 Å². The maximum Gasteiger partial charge on any atom is 0.328 e. The highest BCUT2D eigenvalue weighted by Crippen LogP contribution is 2.29. The molecule has 0 aliphatic carbocycles. The number of methoxy groups -OCH3 is 1. The van der Waals surface area contributed by atoms with Crippen molar-refractivity contribution in [2.75, 3.05) is 19.1 Å². The molecular formula is C20H20N2O4S. The van der Waals surface area contributed by atoms with E-state index in [2.05, 4.69) is 10.5 Å². The van der Waals surface area contributed by atoms with Gasteiger partial charge >= 0.3 is 5.97 Å². The SMILES string of the molecule is COC(=O)[C@H](CCSC)NC(=O)c1ccc2noc(-c3ccccc3)c2c1. The molecular weight excluding hydrogens is 364 g/mol. The lowest BCUT2D eigenvalue weighted by molar-refractivity contribution is -0.142. The van der Waals surface area contributed by atoms with Crippen LogP contribution in [0.4, 0.5) is 0 Å². The van der Waals surface area contributed by atoms with Crippen molar-refractivity contribution in [3.63, 3.8) is 0 Å². The molecule has 0 aliphatic heterocycles. The summed E-state index contributed by atoms with van der Waals surface area (Å²) in [4.78, 5) is 24.6. The first-order chi connectivity index (χ1) is 13.1. The van der Waals surface area contributed by atoms with Gasteiger partial charge in [-0.1, -0.05) is 35.5 Å². The standard InChI is InChI=1S/C20H20N2O4S/c1-25-20(24)17(10-11-27-2)21-19(23)14-8-9-16-15(12-14)18(26-22-16)13-6-4-3-5-7-13/h3-9,12,17H,10-11H2,1-2H3,(H,21,23)/t17-/m0/s1. The topological polar surface area (TPSA) is 81.4 Å². The molecule has 1 aromatic heterocycles. The number of hydrogen-bond acceptors (Lipinski definition) is 6. The molecule has 6 nitrogen and oxygen atoms in total. The first kappa shape index (κ1) is 19.0. The van der Waals surface area contributed by atoms with Gasteiger partial charge in [-0.05, 0) is 36.6 Å². The highest BCUT2D eigenvalue weighted by Gasteiger charge is 2.22. The number of carbonyl (C=O) groups is 2. The number of amides is 1. The fourth-order valence-electron chi connectivity index (χ4n) is 2.75. The van der Waals surface area contributed by atoms with Crippen molar-refractivity contribution in [2.45, 2.75) is 12.5 Å². The Balaban J connectivity index is 1.87. The molecule has 0 unspecified atom stereocenters. The van der Waals surface area contributed by atoms with Crippen LogP contribution >= 0.6 is 11.8 Å². The number of nitrogens with zero attached hydrogens (tertiary/aromatic N) is 1. The third kappa shape index (κ3) is 4.31. The molecule has 3 aromatic rings. The van der Waals surface area contributed by atoms with Crippen LogP contribution < -0.4 is 5.32 Å². The van der Waals surface area contributed by atoms with Crippen LogP contribution in [0.2, 0.25) is 0 Å². The molecule has 140 valence electrons. The average molecular weight is 384 g/mol. The minimum atomic E-state index is -0.679. The molecule has 0 aliphatic rings. The second-order valence-corrected chi connectivity index (χ2v) is 6.93. The molecule has 0 saturated carbocycles. The van der Waals surface area contributed by atoms with Crippen LogP contribution in [0.15, 0.2) is 53.1 Å². The van der Waals surface area contributed by atoms with Crippen LogP contribution in [0.25, 0.3) is 22.2 Å². The predicted octanol–water partition coefficient (Wildman–Crippen LogP) is 3.52. The molecule has 27 heavy (non-hydrogen) atoms. The number of ether oxygens (including phenoxy) is 1. The van der Waals surface area contributed by atoms with Gasteiger partial charge in [0.1, 0.15) is 11.6 Å². The van der Waals surface area contributed by atoms with Gasteiger partial charge in [0.2, 0.25) is 0 Å². The summed E-state index contributed by atoms with van der Waals surface area (Å²) in [5, 5.41) is 7.56. The summed E-state index contributed by atoms with van der Waals surface area (Å²) in [6, 6.07) is 14.0. The van der Waals surface area contributed by atoms with E-state index >= 15 is 0 Å². The Kier molecular flexibility index (Phi) is 6.13. The first-order valence-corrected chi connectivity index (χ1v) is 9.86. The summed E-state index contributed by atoms with van der Waals surface area (Å²) in [5.74, 6) is 0.553. The maximum absolute atomic E-state index is 12.7. The minimum Gasteiger partial charge on any atom is -0.467 e. The van der Waals surface area contributed by atoms with Gasteiger partial charge in [-0.2, -0.15) is 11.8 Å². The summed E-state index contributed by atoms with van der Waals surface area (Å²) in [7, 11) is 1.32. The highest BCUT2D eigenvalue weighted by atomic mass is 32.2. The predicted molar refractivity (Wildman–Crippen MR) is 106 cm³/mol. The van der Waals surface area contributed by atoms with E-state index in [4.69, 9.17) is 9.26 Å². The number of esters is 1. The van der Waals surface area contributed by atoms with Gasteiger partial charge in [-0.3, -0.25) is 4.79 Å². The van der Waals surface area contributed by atoms with Crippen molar-refractivity contribution in [3.05, 3.63) is 54.1 Å². The van der Waals surface area contributed by atoms with E-state index < -0.39 is 12.0 Å². The molecule has 0 bridgehead atoms. The Morgan fingerprint density at radius 3 is 2.70 bits per heavy atom. The maximum atomic E-state index is 12.7. The molecule has 7 heteroatoms. The summed E-state index contributed by atoms with van der Waals surface area (Å²) in [5.41, 5.74) is 1.98. The zero-order valence-electron chi connectivity index (χ0n) is 15.1. The van der Waals surface area contributed by atoms with Crippen molar-refractivity contribution in [1.82, 2.24) is 10.5 Å². The summed E-state index contributed by atoms with van der Waals surface area (Å²) in [6.07, 6.45) is 2.45. The summed E-state index contributed by atoms with van der Waals surface area (Å²) >= 11 is 1.60. The third-order valence-electron chi connectivity index (χ3n) is 4.18. The number of aromatic nitrogens is 1. The Hall–Kier alpha value is -2.80. The largest absolute Gasteiger partial charge is 0.467 e. The second-order valence-electron chi connectivity index (χ2n) is 5.94. The number of nitrogens with one attached hydrogen (secondary N) is 1. The molecule has 1 atom stereocenters. The number of carbonyl (C=O) groups excluding carboxylic acids is 2. The smallest absolute Gasteiger partial charge is 0.328 e. The monoisotopic (exact) mass is 384 g/mol. The Morgan fingerprint density at radius 2 is 2.00 bits per heavy atom. The molecule has 1 amide bonds. The molecule has 1 N–H and O–H groups in total. The zero-order chi connectivity index (χ0) is 19.2. The van der Waals surface area contributed by atoms with E-state index in [-0.39, 0.29) is 5.91 Å². The fraction of sp³-hybridized carbons (Fsp3) is 0.250. The molecule has 0 radical (unpaired) electrons. The van der Waals surface area contributed by atoms with Crippen molar-refractivity contribution >= 4 is 34.5 Å². The van der Waals surface area contributed by atoms with Crippen molar-refractivity contribution in [3.8, 4) is 11.3 Å². The first-order valence-electron chi connectivity index (χ1n) is 8.46. The quantitative estimate of drug-likeness (QED) is 0.628. The molecule has 2 aromatic carbocycles. The zero-order valence-corrected chi connectivity index (χ0v) is 15.9. The summed E-state index contributed by atoms with van der Waals surface area (Å²) in [6.45, 7) is 0. The lowest BCUT2D eigenvalue weighted by Gasteiger charge is -2.16. The third-order valence-corrected chi connectivity index (χ3v) is 4.82. The average Bonchev–Trinajstić information content (AvgIpc) is 3.14. The van der Waals surface area contributed by atoms with Gasteiger partial charge < -0.3 is 14.6 Å². The fourth-order valence-corrected chi connectivity index (χ4v) is 3.22. The molecule has 0 fully saturated rings. The van der Waals surface area contributed by atoms with Gasteiger partial charge in [-0.25, -0.2) is 4.79 Å². The van der Waals surface area contributed by atoms with Crippen molar-refractivity contribution in [2.24, 2.45) is 0 Å². The van der Waals surface area contributed by atoms with Gasteiger partial charge in [0, 0.05) is 11.1 Å². The number of hydrogen-bond donors (Lipinski definition) is 1. The number of rotatable bonds is 7. The lowest BCUT2D eigenvalue weighted by atomic mass is 10.1. The number of benzene rings is 2. The van der Waals surface area contributed by atoms with E-state index in [1.165, 1.54) is 7.11 Å². The van der Waals surface area contributed by atoms with Crippen LogP contribution in [0.3, 0.4) is 0 Å². The van der Waals surface area contributed by atoms with Crippen LogP contribution in [0.5, 0.6) is 0 Å². The molecule has 1 heterocycles. The van der Waals surface area contributed by atoms with Crippen LogP contribution in [-0.4, -0.2) is 42.2 Å². The van der Waals surface area contributed by atoms with E-state index in [9.17, 15) is 9.59 Å².